The molecule has 5 heteroatoms. The second-order valence-corrected chi connectivity index (χ2v) is 5.82. The minimum Gasteiger partial charge on any atom is -0.469 e. The number of hydrogen-bond acceptors (Lipinski definition) is 4. The first-order chi connectivity index (χ1) is 9.02. The standard InChI is InChI=1S/C14H20N2O3/c1-10-6-14(7-10,9-15)13(18)16-5-3-4-11(8-16)12(17)19-2/h10-11H,3-8H2,1-2H3. The van der Waals surface area contributed by atoms with Crippen LogP contribution in [0.3, 0.4) is 0 Å². The van der Waals surface area contributed by atoms with Gasteiger partial charge in [-0.1, -0.05) is 6.92 Å². The highest BCUT2D eigenvalue weighted by Gasteiger charge is 2.51. The molecular formula is C14H20N2O3. The van der Waals surface area contributed by atoms with Crippen LogP contribution in [0.2, 0.25) is 0 Å². The lowest BCUT2D eigenvalue weighted by Gasteiger charge is -2.44. The van der Waals surface area contributed by atoms with Gasteiger partial charge in [0.2, 0.25) is 5.91 Å². The van der Waals surface area contributed by atoms with Gasteiger partial charge in [0.25, 0.3) is 0 Å². The lowest BCUT2D eigenvalue weighted by atomic mass is 9.62. The first-order valence-corrected chi connectivity index (χ1v) is 6.81. The van der Waals surface area contributed by atoms with Crippen LogP contribution in [0, 0.1) is 28.6 Å². The highest BCUT2D eigenvalue weighted by atomic mass is 16.5. The largest absolute Gasteiger partial charge is 0.469 e. The molecule has 1 saturated heterocycles. The lowest BCUT2D eigenvalue weighted by molar-refractivity contribution is -0.153. The van der Waals surface area contributed by atoms with Crippen molar-refractivity contribution in [3.05, 3.63) is 0 Å². The number of carbonyl (C=O) groups is 2. The summed E-state index contributed by atoms with van der Waals surface area (Å²) >= 11 is 0. The Morgan fingerprint density at radius 2 is 2.11 bits per heavy atom. The zero-order chi connectivity index (χ0) is 14.0. The van der Waals surface area contributed by atoms with E-state index in [1.165, 1.54) is 7.11 Å². The summed E-state index contributed by atoms with van der Waals surface area (Å²) in [6, 6.07) is 2.19. The van der Waals surface area contributed by atoms with E-state index in [0.717, 1.165) is 12.8 Å². The zero-order valence-corrected chi connectivity index (χ0v) is 11.5. The SMILES string of the molecule is COC(=O)C1CCCN(C(=O)C2(C#N)CC(C)C2)C1. The summed E-state index contributed by atoms with van der Waals surface area (Å²) < 4.78 is 4.75. The third kappa shape index (κ3) is 2.44. The third-order valence-corrected chi connectivity index (χ3v) is 4.26. The Kier molecular flexibility index (Phi) is 3.79. The van der Waals surface area contributed by atoms with Gasteiger partial charge in [0, 0.05) is 13.1 Å². The van der Waals surface area contributed by atoms with E-state index in [-0.39, 0.29) is 17.8 Å². The number of nitriles is 1. The van der Waals surface area contributed by atoms with Crippen LogP contribution in [0.15, 0.2) is 0 Å². The summed E-state index contributed by atoms with van der Waals surface area (Å²) in [5, 5.41) is 9.29. The molecule has 1 amide bonds. The molecule has 0 aromatic carbocycles. The molecule has 1 aliphatic heterocycles. The van der Waals surface area contributed by atoms with Gasteiger partial charge in [0.1, 0.15) is 5.41 Å². The molecule has 2 rings (SSSR count). The number of methoxy groups -OCH3 is 1. The fourth-order valence-corrected chi connectivity index (χ4v) is 3.27. The first kappa shape index (κ1) is 13.9. The van der Waals surface area contributed by atoms with Crippen molar-refractivity contribution >= 4 is 11.9 Å². The van der Waals surface area contributed by atoms with E-state index in [0.29, 0.717) is 31.8 Å². The minimum atomic E-state index is -0.836. The number of ether oxygens (including phenoxy) is 1. The maximum atomic E-state index is 12.5. The van der Waals surface area contributed by atoms with E-state index >= 15 is 0 Å². The molecule has 0 N–H and O–H groups in total. The van der Waals surface area contributed by atoms with Crippen LogP contribution in [-0.4, -0.2) is 37.0 Å². The van der Waals surface area contributed by atoms with Gasteiger partial charge in [0.05, 0.1) is 19.1 Å². The summed E-state index contributed by atoms with van der Waals surface area (Å²) in [5.74, 6) is -0.159. The normalized spacial score (nSPS) is 34.1. The number of carbonyl (C=O) groups excluding carboxylic acids is 2. The van der Waals surface area contributed by atoms with E-state index in [2.05, 4.69) is 13.0 Å². The zero-order valence-electron chi connectivity index (χ0n) is 11.5. The maximum Gasteiger partial charge on any atom is 0.310 e. The van der Waals surface area contributed by atoms with Crippen molar-refractivity contribution in [3.63, 3.8) is 0 Å². The van der Waals surface area contributed by atoms with Crippen molar-refractivity contribution in [1.29, 1.82) is 5.26 Å². The molecule has 1 heterocycles. The van der Waals surface area contributed by atoms with Crippen LogP contribution < -0.4 is 0 Å². The molecule has 1 unspecified atom stereocenters. The monoisotopic (exact) mass is 264 g/mol. The van der Waals surface area contributed by atoms with Gasteiger partial charge in [0.15, 0.2) is 0 Å². The molecule has 104 valence electrons. The number of esters is 1. The van der Waals surface area contributed by atoms with Crippen molar-refractivity contribution in [3.8, 4) is 6.07 Å². The van der Waals surface area contributed by atoms with Crippen LogP contribution in [0.25, 0.3) is 0 Å². The van der Waals surface area contributed by atoms with Crippen LogP contribution >= 0.6 is 0 Å². The van der Waals surface area contributed by atoms with Gasteiger partial charge in [-0.3, -0.25) is 9.59 Å². The number of nitrogens with zero attached hydrogens (tertiary/aromatic N) is 2. The molecule has 1 atom stereocenters. The predicted octanol–water partition coefficient (Wildman–Crippen LogP) is 1.34. The first-order valence-electron chi connectivity index (χ1n) is 6.81. The highest BCUT2D eigenvalue weighted by molar-refractivity contribution is 5.87. The summed E-state index contributed by atoms with van der Waals surface area (Å²) in [7, 11) is 1.37. The van der Waals surface area contributed by atoms with Crippen LogP contribution in [-0.2, 0) is 14.3 Å². The smallest absolute Gasteiger partial charge is 0.310 e. The van der Waals surface area contributed by atoms with E-state index in [4.69, 9.17) is 4.74 Å². The number of hydrogen-bond donors (Lipinski definition) is 0. The number of amides is 1. The predicted molar refractivity (Wildman–Crippen MR) is 67.8 cm³/mol. The second kappa shape index (κ2) is 5.20. The molecular weight excluding hydrogens is 244 g/mol. The van der Waals surface area contributed by atoms with Crippen molar-refractivity contribution in [2.75, 3.05) is 20.2 Å². The Hall–Kier alpha value is -1.57. The molecule has 2 aliphatic rings. The quantitative estimate of drug-likeness (QED) is 0.706. The van der Waals surface area contributed by atoms with Crippen molar-refractivity contribution in [1.82, 2.24) is 4.90 Å². The van der Waals surface area contributed by atoms with Gasteiger partial charge >= 0.3 is 5.97 Å². The topological polar surface area (TPSA) is 70.4 Å². The fourth-order valence-electron chi connectivity index (χ4n) is 3.27. The summed E-state index contributed by atoms with van der Waals surface area (Å²) in [4.78, 5) is 25.7. The van der Waals surface area contributed by atoms with Crippen LogP contribution in [0.5, 0.6) is 0 Å². The molecule has 0 spiro atoms. The molecule has 1 aliphatic carbocycles. The molecule has 5 nitrogen and oxygen atoms in total. The molecule has 1 saturated carbocycles. The maximum absolute atomic E-state index is 12.5. The Balaban J connectivity index is 2.04. The minimum absolute atomic E-state index is 0.0956. The molecule has 0 bridgehead atoms. The average molecular weight is 264 g/mol. The Morgan fingerprint density at radius 1 is 1.42 bits per heavy atom. The van der Waals surface area contributed by atoms with Crippen molar-refractivity contribution < 1.29 is 14.3 Å². The van der Waals surface area contributed by atoms with Gasteiger partial charge in [-0.2, -0.15) is 5.26 Å². The third-order valence-electron chi connectivity index (χ3n) is 4.26. The number of rotatable bonds is 2. The lowest BCUT2D eigenvalue weighted by Crippen LogP contribution is -2.53. The Bertz CT molecular complexity index is 421. The van der Waals surface area contributed by atoms with Gasteiger partial charge in [-0.05, 0) is 31.6 Å². The average Bonchev–Trinajstić information content (AvgIpc) is 2.42. The number of likely N-dealkylation sites (tertiary alicyclic amines) is 1. The number of piperidine rings is 1. The van der Waals surface area contributed by atoms with Crippen molar-refractivity contribution in [2.24, 2.45) is 17.3 Å². The molecule has 0 aromatic heterocycles. The Labute approximate surface area is 113 Å². The highest BCUT2D eigenvalue weighted by Crippen LogP contribution is 2.46. The molecule has 2 fully saturated rings. The van der Waals surface area contributed by atoms with E-state index < -0.39 is 5.41 Å². The Morgan fingerprint density at radius 3 is 2.63 bits per heavy atom. The molecule has 0 radical (unpaired) electrons. The van der Waals surface area contributed by atoms with E-state index in [1.807, 2.05) is 0 Å². The van der Waals surface area contributed by atoms with Gasteiger partial charge in [-0.25, -0.2) is 0 Å². The van der Waals surface area contributed by atoms with E-state index in [1.54, 1.807) is 4.90 Å². The summed E-state index contributed by atoms with van der Waals surface area (Å²) in [6.07, 6.45) is 2.83. The van der Waals surface area contributed by atoms with Gasteiger partial charge in [-0.15, -0.1) is 0 Å². The van der Waals surface area contributed by atoms with Gasteiger partial charge < -0.3 is 9.64 Å². The van der Waals surface area contributed by atoms with E-state index in [9.17, 15) is 14.9 Å². The molecule has 19 heavy (non-hydrogen) atoms. The fraction of sp³-hybridized carbons (Fsp3) is 0.786. The molecule has 0 aromatic rings. The summed E-state index contributed by atoms with van der Waals surface area (Å²) in [6.45, 7) is 3.09. The summed E-state index contributed by atoms with van der Waals surface area (Å²) in [5.41, 5.74) is -0.836. The second-order valence-electron chi connectivity index (χ2n) is 5.82. The van der Waals surface area contributed by atoms with Crippen molar-refractivity contribution in [2.45, 2.75) is 32.6 Å². The van der Waals surface area contributed by atoms with Crippen LogP contribution in [0.1, 0.15) is 32.6 Å². The van der Waals surface area contributed by atoms with Crippen LogP contribution in [0.4, 0.5) is 0 Å².